The summed E-state index contributed by atoms with van der Waals surface area (Å²) in [6.45, 7) is 5.18. The maximum absolute atomic E-state index is 12.0. The van der Waals surface area contributed by atoms with Gasteiger partial charge in [0.05, 0.1) is 6.04 Å². The lowest BCUT2D eigenvalue weighted by Crippen LogP contribution is -2.53. The molecule has 1 aliphatic rings. The summed E-state index contributed by atoms with van der Waals surface area (Å²) in [6, 6.07) is -1.34. The first-order valence-corrected chi connectivity index (χ1v) is 6.01. The number of hydrogen-bond acceptors (Lipinski definition) is 4. The first-order chi connectivity index (χ1) is 8.74. The van der Waals surface area contributed by atoms with E-state index in [-0.39, 0.29) is 20.4 Å². The number of amides is 1. The number of piperidine rings is 1. The van der Waals surface area contributed by atoms with Crippen molar-refractivity contribution in [2.75, 3.05) is 6.54 Å². The second-order valence-corrected chi connectivity index (χ2v) is 5.42. The molecule has 2 atom stereocenters. The maximum Gasteiger partial charge on any atom is 0.411 e. The molecule has 1 amide bonds. The Bertz CT molecular complexity index is 412. The Kier molecular flexibility index (Phi) is 6.32. The molecule has 20 heavy (non-hydrogen) atoms. The second kappa shape index (κ2) is 7.00. The van der Waals surface area contributed by atoms with E-state index in [0.29, 0.717) is 6.42 Å². The molecule has 1 fully saturated rings. The first kappa shape index (κ1) is 18.0. The molecule has 1 N–H and O–H groups in total. The lowest BCUT2D eigenvalue weighted by atomic mass is 9.99. The molecule has 0 saturated carbocycles. The van der Waals surface area contributed by atoms with Crippen LogP contribution in [0.3, 0.4) is 0 Å². The molecule has 0 aromatic carbocycles. The molecule has 1 saturated heterocycles. The van der Waals surface area contributed by atoms with Crippen LogP contribution >= 0.6 is 0 Å². The van der Waals surface area contributed by atoms with Crippen LogP contribution in [0.1, 0.15) is 41.0 Å². The van der Waals surface area contributed by atoms with Crippen LogP contribution in [0.25, 0.3) is 10.4 Å². The van der Waals surface area contributed by atoms with Crippen LogP contribution in [0, 0.1) is 0 Å². The van der Waals surface area contributed by atoms with Gasteiger partial charge in [-0.25, -0.2) is 9.59 Å². The topological polar surface area (TPSA) is 116 Å². The summed E-state index contributed by atoms with van der Waals surface area (Å²) in [7, 11) is 0. The van der Waals surface area contributed by atoms with E-state index in [2.05, 4.69) is 10.0 Å². The largest absolute Gasteiger partial charge is 0.480 e. The van der Waals surface area contributed by atoms with E-state index in [1.54, 1.807) is 20.8 Å². The Morgan fingerprint density at radius 2 is 2.00 bits per heavy atom. The number of likely N-dealkylation sites (tertiary alicyclic amines) is 1. The quantitative estimate of drug-likeness (QED) is 0.477. The minimum Gasteiger partial charge on any atom is -0.480 e. The predicted octanol–water partition coefficient (Wildman–Crippen LogP) is 2.79. The van der Waals surface area contributed by atoms with Gasteiger partial charge in [-0.3, -0.25) is 4.90 Å². The average Bonchev–Trinajstić information content (AvgIpc) is 2.26. The molecule has 8 heteroatoms. The normalized spacial score (nSPS) is 22.2. The van der Waals surface area contributed by atoms with Gasteiger partial charge in [0.2, 0.25) is 0 Å². The molecule has 1 aliphatic heterocycles. The van der Waals surface area contributed by atoms with Gasteiger partial charge in [0.25, 0.3) is 0 Å². The van der Waals surface area contributed by atoms with Gasteiger partial charge in [0.15, 0.2) is 0 Å². The number of azide groups is 1. The molecule has 2 unspecified atom stereocenters. The molecule has 114 valence electrons. The van der Waals surface area contributed by atoms with E-state index < -0.39 is 29.7 Å². The molecule has 0 aromatic heterocycles. The van der Waals surface area contributed by atoms with Crippen molar-refractivity contribution in [1.82, 2.24) is 4.90 Å². The van der Waals surface area contributed by atoms with Crippen molar-refractivity contribution >= 4 is 12.1 Å². The Labute approximate surface area is 118 Å². The minimum absolute atomic E-state index is 0. The number of ether oxygens (including phenoxy) is 1. The lowest BCUT2D eigenvalue weighted by molar-refractivity contribution is -0.144. The van der Waals surface area contributed by atoms with Crippen molar-refractivity contribution in [2.45, 2.75) is 58.7 Å². The molecule has 0 radical (unpaired) electrons. The fourth-order valence-corrected chi connectivity index (χ4v) is 1.90. The molecule has 1 rings (SSSR count). The van der Waals surface area contributed by atoms with Gasteiger partial charge >= 0.3 is 12.1 Å². The highest BCUT2D eigenvalue weighted by atomic mass is 16.6. The smallest absolute Gasteiger partial charge is 0.411 e. The van der Waals surface area contributed by atoms with Gasteiger partial charge in [-0.15, -0.1) is 0 Å². The average molecular weight is 286 g/mol. The zero-order chi connectivity index (χ0) is 14.6. The highest BCUT2D eigenvalue weighted by Gasteiger charge is 2.37. The van der Waals surface area contributed by atoms with Crippen LogP contribution in [0.5, 0.6) is 0 Å². The van der Waals surface area contributed by atoms with E-state index >= 15 is 0 Å². The molecule has 0 spiro atoms. The van der Waals surface area contributed by atoms with Crippen LogP contribution in [0.15, 0.2) is 5.11 Å². The number of aliphatic carboxylic acids is 1. The zero-order valence-electron chi connectivity index (χ0n) is 11.2. The summed E-state index contributed by atoms with van der Waals surface area (Å²) in [6.07, 6.45) is -0.00349. The number of carboxylic acids is 1. The lowest BCUT2D eigenvalue weighted by Gasteiger charge is -2.36. The number of nitrogens with zero attached hydrogens (tertiary/aromatic N) is 4. The Hall–Kier alpha value is -1.95. The fourth-order valence-electron chi connectivity index (χ4n) is 1.90. The van der Waals surface area contributed by atoms with E-state index in [1.165, 1.54) is 0 Å². The Morgan fingerprint density at radius 1 is 1.40 bits per heavy atom. The van der Waals surface area contributed by atoms with E-state index in [9.17, 15) is 9.59 Å². The molecule has 0 aromatic rings. The maximum atomic E-state index is 12.0. The molecule has 1 heterocycles. The molecule has 0 bridgehead atoms. The fraction of sp³-hybridized carbons (Fsp3) is 0.833. The summed E-state index contributed by atoms with van der Waals surface area (Å²) in [4.78, 5) is 26.9. The monoisotopic (exact) mass is 286 g/mol. The third-order valence-electron chi connectivity index (χ3n) is 2.69. The van der Waals surface area contributed by atoms with E-state index in [4.69, 9.17) is 15.4 Å². The van der Waals surface area contributed by atoms with Gasteiger partial charge in [-0.05, 0) is 39.1 Å². The molecule has 0 aliphatic carbocycles. The molecular weight excluding hydrogens is 264 g/mol. The number of rotatable bonds is 2. The SMILES string of the molecule is C.CC(C)(C)OC(=O)N1CC(N=[N+]=[N-])CCC1C(=O)O. The van der Waals surface area contributed by atoms with Crippen LogP contribution in [-0.2, 0) is 9.53 Å². The summed E-state index contributed by atoms with van der Waals surface area (Å²) in [5.41, 5.74) is 7.71. The van der Waals surface area contributed by atoms with Crippen molar-refractivity contribution < 1.29 is 19.4 Å². The standard InChI is InChI=1S/C11H18N4O4.CH4/c1-11(2,3)19-10(18)15-6-7(13-14-12)4-5-8(15)9(16)17;/h7-8H,4-6H2,1-3H3,(H,16,17);1H4. The van der Waals surface area contributed by atoms with Crippen molar-refractivity contribution in [3.63, 3.8) is 0 Å². The van der Waals surface area contributed by atoms with Gasteiger partial charge in [0.1, 0.15) is 11.6 Å². The van der Waals surface area contributed by atoms with Crippen molar-refractivity contribution in [3.05, 3.63) is 10.4 Å². The number of carbonyl (C=O) groups excluding carboxylic acids is 1. The van der Waals surface area contributed by atoms with Gasteiger partial charge < -0.3 is 9.84 Å². The second-order valence-electron chi connectivity index (χ2n) is 5.42. The van der Waals surface area contributed by atoms with Crippen molar-refractivity contribution in [1.29, 1.82) is 0 Å². The highest BCUT2D eigenvalue weighted by Crippen LogP contribution is 2.22. The van der Waals surface area contributed by atoms with Crippen LogP contribution in [0.4, 0.5) is 4.79 Å². The first-order valence-electron chi connectivity index (χ1n) is 6.01. The summed E-state index contributed by atoms with van der Waals surface area (Å²) >= 11 is 0. The summed E-state index contributed by atoms with van der Waals surface area (Å²) < 4.78 is 5.17. The van der Waals surface area contributed by atoms with Crippen LogP contribution in [0.2, 0.25) is 0 Å². The van der Waals surface area contributed by atoms with Gasteiger partial charge in [0, 0.05) is 11.5 Å². The number of hydrogen-bond donors (Lipinski definition) is 1. The predicted molar refractivity (Wildman–Crippen MR) is 73.3 cm³/mol. The summed E-state index contributed by atoms with van der Waals surface area (Å²) in [5, 5.41) is 12.7. The van der Waals surface area contributed by atoms with Crippen LogP contribution in [-0.4, -0.2) is 46.3 Å². The van der Waals surface area contributed by atoms with Crippen LogP contribution < -0.4 is 0 Å². The van der Waals surface area contributed by atoms with Gasteiger partial charge in [-0.2, -0.15) is 0 Å². The zero-order valence-corrected chi connectivity index (χ0v) is 11.2. The number of carbonyl (C=O) groups is 2. The van der Waals surface area contributed by atoms with E-state index in [1.807, 2.05) is 0 Å². The molecule has 8 nitrogen and oxygen atoms in total. The van der Waals surface area contributed by atoms with Gasteiger partial charge in [-0.1, -0.05) is 12.5 Å². The Balaban J connectivity index is 0.00000361. The summed E-state index contributed by atoms with van der Waals surface area (Å²) in [5.74, 6) is -1.08. The third-order valence-corrected chi connectivity index (χ3v) is 2.69. The van der Waals surface area contributed by atoms with E-state index in [0.717, 1.165) is 4.90 Å². The molecular formula is C12H22N4O4. The highest BCUT2D eigenvalue weighted by molar-refractivity contribution is 5.80. The Morgan fingerprint density at radius 3 is 2.45 bits per heavy atom. The number of carboxylic acid groups (broad SMARTS) is 1. The van der Waals surface area contributed by atoms with Crippen molar-refractivity contribution in [3.8, 4) is 0 Å². The third kappa shape index (κ3) is 4.97. The minimum atomic E-state index is -1.08. The van der Waals surface area contributed by atoms with Crippen molar-refractivity contribution in [2.24, 2.45) is 5.11 Å².